The summed E-state index contributed by atoms with van der Waals surface area (Å²) in [5.74, 6) is 0. The molecule has 0 aliphatic heterocycles. The predicted molar refractivity (Wildman–Crippen MR) is 79.7 cm³/mol. The van der Waals surface area contributed by atoms with Crippen LogP contribution in [0.1, 0.15) is 16.7 Å². The van der Waals surface area contributed by atoms with Gasteiger partial charge in [-0.15, -0.1) is 0 Å². The van der Waals surface area contributed by atoms with Crippen molar-refractivity contribution in [1.29, 1.82) is 10.5 Å². The zero-order valence-corrected chi connectivity index (χ0v) is 11.8. The van der Waals surface area contributed by atoms with Crippen LogP contribution >= 0.6 is 23.2 Å². The minimum atomic E-state index is 0.349. The van der Waals surface area contributed by atoms with Gasteiger partial charge in [-0.2, -0.15) is 10.5 Å². The molecule has 0 amide bonds. The lowest BCUT2D eigenvalue weighted by atomic mass is 10.1. The Bertz CT molecular complexity index is 707. The summed E-state index contributed by atoms with van der Waals surface area (Å²) >= 11 is 11.9. The topological polar surface area (TPSA) is 59.6 Å². The van der Waals surface area contributed by atoms with Gasteiger partial charge in [-0.25, -0.2) is 0 Å². The van der Waals surface area contributed by atoms with Crippen molar-refractivity contribution < 1.29 is 0 Å². The van der Waals surface area contributed by atoms with E-state index < -0.39 is 0 Å². The molecule has 1 N–H and O–H groups in total. The summed E-state index contributed by atoms with van der Waals surface area (Å²) in [6.45, 7) is 0.525. The molecule has 0 aliphatic carbocycles. The van der Waals surface area contributed by atoms with Gasteiger partial charge in [0.25, 0.3) is 0 Å². The van der Waals surface area contributed by atoms with Crippen molar-refractivity contribution in [2.75, 3.05) is 5.32 Å². The molecule has 3 nitrogen and oxygen atoms in total. The average Bonchev–Trinajstić information content (AvgIpc) is 2.43. The summed E-state index contributed by atoms with van der Waals surface area (Å²) in [6, 6.07) is 14.3. The van der Waals surface area contributed by atoms with E-state index in [-0.39, 0.29) is 0 Å². The van der Waals surface area contributed by atoms with E-state index in [4.69, 9.17) is 33.7 Å². The Labute approximate surface area is 127 Å². The lowest BCUT2D eigenvalue weighted by Gasteiger charge is -2.08. The number of nitrogens with one attached hydrogen (secondary N) is 1. The Balaban J connectivity index is 2.15. The van der Waals surface area contributed by atoms with E-state index in [1.165, 1.54) is 0 Å². The molecule has 0 bridgehead atoms. The minimum Gasteiger partial charge on any atom is -0.381 e. The first-order valence-electron chi connectivity index (χ1n) is 5.75. The number of anilines is 1. The van der Waals surface area contributed by atoms with E-state index in [1.807, 2.05) is 24.3 Å². The fourth-order valence-corrected chi connectivity index (χ4v) is 2.33. The fourth-order valence-electron chi connectivity index (χ4n) is 1.76. The molecule has 0 aromatic heterocycles. The molecule has 0 unspecified atom stereocenters. The van der Waals surface area contributed by atoms with Crippen molar-refractivity contribution in [2.45, 2.75) is 6.54 Å². The van der Waals surface area contributed by atoms with Gasteiger partial charge in [0.2, 0.25) is 0 Å². The third kappa shape index (κ3) is 3.42. The molecular formula is C15H9Cl2N3. The monoisotopic (exact) mass is 301 g/mol. The van der Waals surface area contributed by atoms with Crippen molar-refractivity contribution in [3.63, 3.8) is 0 Å². The van der Waals surface area contributed by atoms with Crippen LogP contribution < -0.4 is 5.32 Å². The number of nitrogens with zero attached hydrogens (tertiary/aromatic N) is 2. The average molecular weight is 302 g/mol. The zero-order valence-electron chi connectivity index (χ0n) is 10.3. The number of nitriles is 2. The quantitative estimate of drug-likeness (QED) is 0.917. The highest BCUT2D eigenvalue weighted by Crippen LogP contribution is 2.20. The molecule has 20 heavy (non-hydrogen) atoms. The zero-order chi connectivity index (χ0) is 14.5. The molecule has 0 saturated carbocycles. The molecular weight excluding hydrogens is 293 g/mol. The van der Waals surface area contributed by atoms with E-state index >= 15 is 0 Å². The lowest BCUT2D eigenvalue weighted by molar-refractivity contribution is 1.15. The lowest BCUT2D eigenvalue weighted by Crippen LogP contribution is -2.00. The third-order valence-electron chi connectivity index (χ3n) is 2.68. The van der Waals surface area contributed by atoms with Crippen molar-refractivity contribution in [3.05, 3.63) is 63.1 Å². The van der Waals surface area contributed by atoms with E-state index in [9.17, 15) is 0 Å². The molecule has 2 aromatic carbocycles. The molecule has 0 atom stereocenters. The molecule has 5 heteroatoms. The van der Waals surface area contributed by atoms with E-state index in [2.05, 4.69) is 5.32 Å². The summed E-state index contributed by atoms with van der Waals surface area (Å²) < 4.78 is 0. The summed E-state index contributed by atoms with van der Waals surface area (Å²) in [4.78, 5) is 0. The highest BCUT2D eigenvalue weighted by Gasteiger charge is 2.03. The molecule has 0 spiro atoms. The number of hydrogen-bond donors (Lipinski definition) is 1. The summed E-state index contributed by atoms with van der Waals surface area (Å²) in [5.41, 5.74) is 2.41. The van der Waals surface area contributed by atoms with Crippen molar-refractivity contribution in [3.8, 4) is 12.1 Å². The van der Waals surface area contributed by atoms with Gasteiger partial charge in [0.15, 0.2) is 0 Å². The van der Waals surface area contributed by atoms with Crippen LogP contribution in [0, 0.1) is 22.7 Å². The van der Waals surface area contributed by atoms with Crippen LogP contribution in [-0.4, -0.2) is 0 Å². The molecule has 0 aliphatic rings. The molecule has 0 radical (unpaired) electrons. The van der Waals surface area contributed by atoms with Crippen LogP contribution in [-0.2, 0) is 6.54 Å². The Morgan fingerprint density at radius 3 is 2.15 bits per heavy atom. The normalized spacial score (nSPS) is 9.60. The first kappa shape index (κ1) is 14.2. The second-order valence-corrected chi connectivity index (χ2v) is 4.99. The van der Waals surface area contributed by atoms with Gasteiger partial charge in [0.1, 0.15) is 12.1 Å². The van der Waals surface area contributed by atoms with Crippen LogP contribution in [0.3, 0.4) is 0 Å². The number of hydrogen-bond acceptors (Lipinski definition) is 3. The second-order valence-electron chi connectivity index (χ2n) is 4.12. The van der Waals surface area contributed by atoms with Gasteiger partial charge >= 0.3 is 0 Å². The van der Waals surface area contributed by atoms with Gasteiger partial charge < -0.3 is 5.32 Å². The molecule has 2 aromatic rings. The van der Waals surface area contributed by atoms with Crippen LogP contribution in [0.5, 0.6) is 0 Å². The van der Waals surface area contributed by atoms with E-state index in [0.29, 0.717) is 27.7 Å². The summed E-state index contributed by atoms with van der Waals surface area (Å²) in [5, 5.41) is 22.1. The van der Waals surface area contributed by atoms with Crippen LogP contribution in [0.25, 0.3) is 0 Å². The van der Waals surface area contributed by atoms with Crippen molar-refractivity contribution >= 4 is 28.9 Å². The van der Waals surface area contributed by atoms with Crippen LogP contribution in [0.4, 0.5) is 5.69 Å². The highest BCUT2D eigenvalue weighted by molar-refractivity contribution is 6.34. The largest absolute Gasteiger partial charge is 0.381 e. The van der Waals surface area contributed by atoms with Crippen LogP contribution in [0.15, 0.2) is 36.4 Å². The van der Waals surface area contributed by atoms with E-state index in [0.717, 1.165) is 11.3 Å². The molecule has 98 valence electrons. The maximum absolute atomic E-state index is 8.97. The molecule has 0 saturated heterocycles. The minimum absolute atomic E-state index is 0.349. The van der Waals surface area contributed by atoms with Crippen LogP contribution in [0.2, 0.25) is 10.0 Å². The Morgan fingerprint density at radius 2 is 1.55 bits per heavy atom. The van der Waals surface area contributed by atoms with Gasteiger partial charge in [-0.3, -0.25) is 0 Å². The standard InChI is InChI=1S/C15H9Cl2N3/c16-13-3-10(4-14(17)6-13)9-20-15-2-1-11(7-18)12(5-15)8-19/h1-6,20H,9H2. The maximum atomic E-state index is 8.97. The Hall–Kier alpha value is -2.20. The fraction of sp³-hybridized carbons (Fsp3) is 0.0667. The number of rotatable bonds is 3. The number of benzene rings is 2. The predicted octanol–water partition coefficient (Wildman–Crippen LogP) is 4.35. The highest BCUT2D eigenvalue weighted by atomic mass is 35.5. The van der Waals surface area contributed by atoms with Gasteiger partial charge in [0, 0.05) is 22.3 Å². The molecule has 0 heterocycles. The Morgan fingerprint density at radius 1 is 0.900 bits per heavy atom. The second kappa shape index (κ2) is 6.30. The van der Waals surface area contributed by atoms with Crippen molar-refractivity contribution in [1.82, 2.24) is 0 Å². The summed E-state index contributed by atoms with van der Waals surface area (Å²) in [7, 11) is 0. The smallest absolute Gasteiger partial charge is 0.101 e. The van der Waals surface area contributed by atoms with Gasteiger partial charge in [0.05, 0.1) is 11.1 Å². The van der Waals surface area contributed by atoms with E-state index in [1.54, 1.807) is 24.3 Å². The first-order valence-corrected chi connectivity index (χ1v) is 6.51. The summed E-state index contributed by atoms with van der Waals surface area (Å²) in [6.07, 6.45) is 0. The Kier molecular flexibility index (Phi) is 4.48. The molecule has 0 fully saturated rings. The maximum Gasteiger partial charge on any atom is 0.101 e. The number of halogens is 2. The van der Waals surface area contributed by atoms with Gasteiger partial charge in [-0.05, 0) is 42.0 Å². The third-order valence-corrected chi connectivity index (χ3v) is 3.12. The van der Waals surface area contributed by atoms with Crippen molar-refractivity contribution in [2.24, 2.45) is 0 Å². The SMILES string of the molecule is N#Cc1ccc(NCc2cc(Cl)cc(Cl)c2)cc1C#N. The first-order chi connectivity index (χ1) is 9.62. The molecule has 2 rings (SSSR count). The van der Waals surface area contributed by atoms with Gasteiger partial charge in [-0.1, -0.05) is 23.2 Å².